The molecule has 0 fully saturated rings. The van der Waals surface area contributed by atoms with Gasteiger partial charge >= 0.3 is 0 Å². The van der Waals surface area contributed by atoms with Crippen LogP contribution in [0.15, 0.2) is 42.7 Å². The van der Waals surface area contributed by atoms with E-state index >= 15 is 0 Å². The standard InChI is InChI=1S/C14H14ClNO2/c15-12-8-10(4-6-14(12)18)3-5-13(17)11-2-1-7-16-9-11/h1-2,4,6-9,13,17-18H,3,5H2. The number of aromatic hydroxyl groups is 1. The zero-order valence-electron chi connectivity index (χ0n) is 9.75. The maximum atomic E-state index is 9.98. The highest BCUT2D eigenvalue weighted by Gasteiger charge is 2.08. The second kappa shape index (κ2) is 5.85. The molecule has 0 aliphatic carbocycles. The summed E-state index contributed by atoms with van der Waals surface area (Å²) < 4.78 is 0. The third-order valence-corrected chi connectivity index (χ3v) is 3.09. The number of halogens is 1. The molecule has 2 N–H and O–H groups in total. The number of aliphatic hydroxyl groups is 1. The molecule has 0 amide bonds. The Kier molecular flexibility index (Phi) is 4.18. The molecule has 4 heteroatoms. The Morgan fingerprint density at radius 1 is 1.28 bits per heavy atom. The van der Waals surface area contributed by atoms with E-state index in [1.165, 1.54) is 0 Å². The minimum atomic E-state index is -0.536. The predicted molar refractivity (Wildman–Crippen MR) is 70.6 cm³/mol. The van der Waals surface area contributed by atoms with Gasteiger partial charge < -0.3 is 10.2 Å². The van der Waals surface area contributed by atoms with Crippen molar-refractivity contribution in [3.8, 4) is 5.75 Å². The fraction of sp³-hybridized carbons (Fsp3) is 0.214. The van der Waals surface area contributed by atoms with E-state index in [2.05, 4.69) is 4.98 Å². The van der Waals surface area contributed by atoms with Crippen LogP contribution < -0.4 is 0 Å². The van der Waals surface area contributed by atoms with E-state index < -0.39 is 6.10 Å². The summed E-state index contributed by atoms with van der Waals surface area (Å²) in [6.45, 7) is 0. The molecule has 0 radical (unpaired) electrons. The molecule has 1 atom stereocenters. The summed E-state index contributed by atoms with van der Waals surface area (Å²) in [5.74, 6) is 0.0771. The summed E-state index contributed by atoms with van der Waals surface area (Å²) in [6.07, 6.45) is 4.08. The molecule has 0 spiro atoms. The molecule has 94 valence electrons. The number of hydrogen-bond donors (Lipinski definition) is 2. The lowest BCUT2D eigenvalue weighted by Gasteiger charge is -2.10. The third-order valence-electron chi connectivity index (χ3n) is 2.79. The summed E-state index contributed by atoms with van der Waals surface area (Å²) >= 11 is 5.82. The van der Waals surface area contributed by atoms with Gasteiger partial charge in [0.1, 0.15) is 5.75 Å². The van der Waals surface area contributed by atoms with Crippen LogP contribution in [0.1, 0.15) is 23.7 Å². The Morgan fingerprint density at radius 2 is 2.11 bits per heavy atom. The average Bonchev–Trinajstić information content (AvgIpc) is 2.41. The van der Waals surface area contributed by atoms with Gasteiger partial charge in [-0.2, -0.15) is 0 Å². The number of pyridine rings is 1. The number of phenolic OH excluding ortho intramolecular Hbond substituents is 1. The van der Waals surface area contributed by atoms with Crippen LogP contribution in [0, 0.1) is 0 Å². The Hall–Kier alpha value is -1.58. The molecule has 0 bridgehead atoms. The molecule has 0 saturated carbocycles. The van der Waals surface area contributed by atoms with E-state index in [-0.39, 0.29) is 5.75 Å². The number of hydrogen-bond acceptors (Lipinski definition) is 3. The molecule has 1 heterocycles. The van der Waals surface area contributed by atoms with E-state index in [1.807, 2.05) is 6.07 Å². The molecule has 1 aromatic carbocycles. The normalized spacial score (nSPS) is 12.3. The monoisotopic (exact) mass is 263 g/mol. The highest BCUT2D eigenvalue weighted by Crippen LogP contribution is 2.25. The molecular formula is C14H14ClNO2. The van der Waals surface area contributed by atoms with Gasteiger partial charge in [-0.3, -0.25) is 4.98 Å². The first kappa shape index (κ1) is 12.9. The topological polar surface area (TPSA) is 53.4 Å². The van der Waals surface area contributed by atoms with Gasteiger partial charge in [-0.25, -0.2) is 0 Å². The van der Waals surface area contributed by atoms with Crippen molar-refractivity contribution >= 4 is 11.6 Å². The van der Waals surface area contributed by atoms with E-state index in [4.69, 9.17) is 11.6 Å². The molecular weight excluding hydrogens is 250 g/mol. The van der Waals surface area contributed by atoms with Crippen molar-refractivity contribution in [1.29, 1.82) is 0 Å². The van der Waals surface area contributed by atoms with Gasteiger partial charge in [-0.15, -0.1) is 0 Å². The molecule has 0 aliphatic heterocycles. The van der Waals surface area contributed by atoms with Crippen LogP contribution in [0.4, 0.5) is 0 Å². The van der Waals surface area contributed by atoms with Crippen LogP contribution >= 0.6 is 11.6 Å². The minimum absolute atomic E-state index is 0.0771. The lowest BCUT2D eigenvalue weighted by Crippen LogP contribution is -2.00. The Balaban J connectivity index is 1.97. The summed E-state index contributed by atoms with van der Waals surface area (Å²) in [5, 5.41) is 19.6. The Bertz CT molecular complexity index is 516. The van der Waals surface area contributed by atoms with Crippen molar-refractivity contribution in [2.75, 3.05) is 0 Å². The van der Waals surface area contributed by atoms with Gasteiger partial charge in [0.15, 0.2) is 0 Å². The summed E-state index contributed by atoms with van der Waals surface area (Å²) in [4.78, 5) is 3.97. The molecule has 0 aliphatic rings. The zero-order chi connectivity index (χ0) is 13.0. The summed E-state index contributed by atoms with van der Waals surface area (Å²) in [7, 11) is 0. The van der Waals surface area contributed by atoms with Crippen LogP contribution in [0.3, 0.4) is 0 Å². The molecule has 1 aromatic heterocycles. The fourth-order valence-electron chi connectivity index (χ4n) is 1.75. The van der Waals surface area contributed by atoms with Crippen molar-refractivity contribution in [2.45, 2.75) is 18.9 Å². The molecule has 3 nitrogen and oxygen atoms in total. The van der Waals surface area contributed by atoms with Gasteiger partial charge in [-0.05, 0) is 42.2 Å². The fourth-order valence-corrected chi connectivity index (χ4v) is 1.95. The first-order valence-electron chi connectivity index (χ1n) is 5.72. The van der Waals surface area contributed by atoms with Crippen molar-refractivity contribution in [2.24, 2.45) is 0 Å². The highest BCUT2D eigenvalue weighted by molar-refractivity contribution is 6.32. The van der Waals surface area contributed by atoms with Crippen LogP contribution in [0.2, 0.25) is 5.02 Å². The summed E-state index contributed by atoms with van der Waals surface area (Å²) in [5.41, 5.74) is 1.79. The maximum Gasteiger partial charge on any atom is 0.134 e. The molecule has 1 unspecified atom stereocenters. The number of benzene rings is 1. The van der Waals surface area contributed by atoms with Crippen LogP contribution in [0.5, 0.6) is 5.75 Å². The first-order valence-corrected chi connectivity index (χ1v) is 6.10. The lowest BCUT2D eigenvalue weighted by atomic mass is 10.0. The van der Waals surface area contributed by atoms with E-state index in [0.29, 0.717) is 17.9 Å². The van der Waals surface area contributed by atoms with Gasteiger partial charge in [0, 0.05) is 12.4 Å². The largest absolute Gasteiger partial charge is 0.506 e. The Morgan fingerprint density at radius 3 is 2.78 bits per heavy atom. The third kappa shape index (κ3) is 3.22. The minimum Gasteiger partial charge on any atom is -0.506 e. The predicted octanol–water partition coefficient (Wildman–Crippen LogP) is 3.11. The Labute approximate surface area is 111 Å². The number of nitrogens with zero attached hydrogens (tertiary/aromatic N) is 1. The average molecular weight is 264 g/mol. The van der Waals surface area contributed by atoms with Crippen LogP contribution in [-0.4, -0.2) is 15.2 Å². The van der Waals surface area contributed by atoms with E-state index in [1.54, 1.807) is 36.7 Å². The number of aromatic nitrogens is 1. The van der Waals surface area contributed by atoms with E-state index in [0.717, 1.165) is 11.1 Å². The second-order valence-corrected chi connectivity index (χ2v) is 4.53. The number of rotatable bonds is 4. The second-order valence-electron chi connectivity index (χ2n) is 4.13. The molecule has 0 saturated heterocycles. The van der Waals surface area contributed by atoms with Crippen molar-refractivity contribution in [1.82, 2.24) is 4.98 Å². The smallest absolute Gasteiger partial charge is 0.134 e. The van der Waals surface area contributed by atoms with Crippen molar-refractivity contribution in [3.05, 3.63) is 58.9 Å². The molecule has 18 heavy (non-hydrogen) atoms. The van der Waals surface area contributed by atoms with Gasteiger partial charge in [-0.1, -0.05) is 23.7 Å². The zero-order valence-corrected chi connectivity index (χ0v) is 10.5. The molecule has 2 aromatic rings. The number of phenols is 1. The molecule has 2 rings (SSSR count). The van der Waals surface area contributed by atoms with Crippen molar-refractivity contribution in [3.63, 3.8) is 0 Å². The van der Waals surface area contributed by atoms with Crippen molar-refractivity contribution < 1.29 is 10.2 Å². The van der Waals surface area contributed by atoms with Gasteiger partial charge in [0.2, 0.25) is 0 Å². The lowest BCUT2D eigenvalue weighted by molar-refractivity contribution is 0.167. The van der Waals surface area contributed by atoms with Gasteiger partial charge in [0.25, 0.3) is 0 Å². The highest BCUT2D eigenvalue weighted by atomic mass is 35.5. The maximum absolute atomic E-state index is 9.98. The number of aliphatic hydroxyl groups excluding tert-OH is 1. The summed E-state index contributed by atoms with van der Waals surface area (Å²) in [6, 6.07) is 8.73. The number of aryl methyl sites for hydroxylation is 1. The van der Waals surface area contributed by atoms with Crippen LogP contribution in [0.25, 0.3) is 0 Å². The SMILES string of the molecule is Oc1ccc(CCC(O)c2cccnc2)cc1Cl. The van der Waals surface area contributed by atoms with E-state index in [9.17, 15) is 10.2 Å². The first-order chi connectivity index (χ1) is 8.66. The quantitative estimate of drug-likeness (QED) is 0.891. The van der Waals surface area contributed by atoms with Crippen LogP contribution in [-0.2, 0) is 6.42 Å². The van der Waals surface area contributed by atoms with Gasteiger partial charge in [0.05, 0.1) is 11.1 Å².